The molecule has 0 aliphatic heterocycles. The highest BCUT2D eigenvalue weighted by molar-refractivity contribution is 7.89. The maximum absolute atomic E-state index is 12.3. The third kappa shape index (κ3) is 5.29. The number of sulfonamides is 1. The van der Waals surface area contributed by atoms with Crippen molar-refractivity contribution in [3.63, 3.8) is 0 Å². The SMILES string of the molecule is Cc1c(-c2ccc(CNS(=O)(=O)c3ccccc3)cc2)sc(C(=O)O)c1OCC(=O)O. The molecule has 1 heterocycles. The quantitative estimate of drug-likeness (QED) is 0.445. The maximum atomic E-state index is 12.3. The molecule has 8 nitrogen and oxygen atoms in total. The number of aromatic carboxylic acids is 1. The number of rotatable bonds is 9. The van der Waals surface area contributed by atoms with Gasteiger partial charge in [-0.05, 0) is 30.2 Å². The molecule has 3 N–H and O–H groups in total. The number of carboxylic acids is 2. The molecule has 0 bridgehead atoms. The van der Waals surface area contributed by atoms with Crippen LogP contribution in [0.3, 0.4) is 0 Å². The van der Waals surface area contributed by atoms with Gasteiger partial charge in [0.25, 0.3) is 0 Å². The summed E-state index contributed by atoms with van der Waals surface area (Å²) in [6.45, 7) is 1.11. The Morgan fingerprint density at radius 3 is 2.26 bits per heavy atom. The summed E-state index contributed by atoms with van der Waals surface area (Å²) in [5, 5.41) is 18.2. The average Bonchev–Trinajstić information content (AvgIpc) is 3.08. The van der Waals surface area contributed by atoms with E-state index in [1.54, 1.807) is 49.4 Å². The standard InChI is InChI=1S/C21H19NO7S2/c1-13-18(29-12-17(23)24)20(21(25)26)30-19(13)15-9-7-14(8-10-15)11-22-31(27,28)16-5-3-2-4-6-16/h2-10,22H,11-12H2,1H3,(H,23,24)(H,25,26). The summed E-state index contributed by atoms with van der Waals surface area (Å²) < 4.78 is 32.4. The van der Waals surface area contributed by atoms with Crippen molar-refractivity contribution in [2.45, 2.75) is 18.4 Å². The Labute approximate surface area is 182 Å². The Balaban J connectivity index is 1.79. The van der Waals surface area contributed by atoms with Crippen molar-refractivity contribution in [3.8, 4) is 16.2 Å². The van der Waals surface area contributed by atoms with E-state index < -0.39 is 28.6 Å². The van der Waals surface area contributed by atoms with Crippen LogP contribution < -0.4 is 9.46 Å². The molecule has 0 spiro atoms. The maximum Gasteiger partial charge on any atom is 0.349 e. The van der Waals surface area contributed by atoms with Gasteiger partial charge in [-0.3, -0.25) is 0 Å². The van der Waals surface area contributed by atoms with Gasteiger partial charge in [0.05, 0.1) is 4.90 Å². The van der Waals surface area contributed by atoms with E-state index in [9.17, 15) is 23.1 Å². The Morgan fingerprint density at radius 2 is 1.68 bits per heavy atom. The number of ether oxygens (including phenoxy) is 1. The molecular weight excluding hydrogens is 442 g/mol. The van der Waals surface area contributed by atoms with Gasteiger partial charge in [-0.25, -0.2) is 22.7 Å². The summed E-state index contributed by atoms with van der Waals surface area (Å²) in [6.07, 6.45) is 0. The third-order valence-electron chi connectivity index (χ3n) is 4.36. The van der Waals surface area contributed by atoms with E-state index in [2.05, 4.69) is 4.72 Å². The molecule has 1 aromatic heterocycles. The van der Waals surface area contributed by atoms with Gasteiger partial charge < -0.3 is 14.9 Å². The molecule has 10 heteroatoms. The predicted molar refractivity (Wildman–Crippen MR) is 115 cm³/mol. The number of benzene rings is 2. The largest absolute Gasteiger partial charge is 0.480 e. The van der Waals surface area contributed by atoms with Gasteiger partial charge in [0.1, 0.15) is 5.75 Å². The van der Waals surface area contributed by atoms with Crippen LogP contribution in [0.25, 0.3) is 10.4 Å². The van der Waals surface area contributed by atoms with Crippen LogP contribution in [0.15, 0.2) is 59.5 Å². The van der Waals surface area contributed by atoms with Crippen molar-refractivity contribution in [3.05, 3.63) is 70.6 Å². The van der Waals surface area contributed by atoms with Gasteiger partial charge >= 0.3 is 11.9 Å². The van der Waals surface area contributed by atoms with E-state index >= 15 is 0 Å². The minimum absolute atomic E-state index is 0.0367. The second-order valence-electron chi connectivity index (χ2n) is 6.54. The van der Waals surface area contributed by atoms with Crippen molar-refractivity contribution in [2.75, 3.05) is 6.61 Å². The molecule has 162 valence electrons. The van der Waals surface area contributed by atoms with Gasteiger partial charge in [-0.2, -0.15) is 0 Å². The Hall–Kier alpha value is -3.21. The van der Waals surface area contributed by atoms with Crippen LogP contribution in [0.5, 0.6) is 5.75 Å². The van der Waals surface area contributed by atoms with Crippen molar-refractivity contribution in [1.29, 1.82) is 0 Å². The smallest absolute Gasteiger partial charge is 0.349 e. The van der Waals surface area contributed by atoms with Crippen molar-refractivity contribution in [1.82, 2.24) is 4.72 Å². The molecule has 0 radical (unpaired) electrons. The van der Waals surface area contributed by atoms with E-state index in [0.29, 0.717) is 16.0 Å². The van der Waals surface area contributed by atoms with Crippen molar-refractivity contribution >= 4 is 33.3 Å². The highest BCUT2D eigenvalue weighted by atomic mass is 32.2. The molecule has 3 rings (SSSR count). The summed E-state index contributed by atoms with van der Waals surface area (Å²) in [5.74, 6) is -2.37. The first-order chi connectivity index (χ1) is 14.7. The Kier molecular flexibility index (Phi) is 6.74. The van der Waals surface area contributed by atoms with Crippen LogP contribution in [0.1, 0.15) is 20.8 Å². The van der Waals surface area contributed by atoms with Crippen molar-refractivity contribution < 1.29 is 33.0 Å². The zero-order valence-electron chi connectivity index (χ0n) is 16.4. The lowest BCUT2D eigenvalue weighted by Crippen LogP contribution is -2.23. The molecule has 0 aliphatic carbocycles. The monoisotopic (exact) mass is 461 g/mol. The number of carbonyl (C=O) groups is 2. The molecule has 0 amide bonds. The van der Waals surface area contributed by atoms with Gasteiger partial charge in [-0.15, -0.1) is 11.3 Å². The summed E-state index contributed by atoms with van der Waals surface area (Å²) in [4.78, 5) is 23.1. The molecule has 0 saturated carbocycles. The number of hydrogen-bond acceptors (Lipinski definition) is 6. The number of carboxylic acid groups (broad SMARTS) is 2. The molecule has 0 unspecified atom stereocenters. The number of thiophene rings is 1. The van der Waals surface area contributed by atoms with E-state index in [1.807, 2.05) is 0 Å². The lowest BCUT2D eigenvalue weighted by Gasteiger charge is -2.08. The van der Waals surface area contributed by atoms with Crippen molar-refractivity contribution in [2.24, 2.45) is 0 Å². The van der Waals surface area contributed by atoms with Crippen LogP contribution in [-0.2, 0) is 21.4 Å². The van der Waals surface area contributed by atoms with Crippen LogP contribution in [0.4, 0.5) is 0 Å². The molecule has 0 saturated heterocycles. The van der Waals surface area contributed by atoms with Gasteiger partial charge in [0.2, 0.25) is 10.0 Å². The predicted octanol–water partition coefficient (Wildman–Crippen LogP) is 3.36. The normalized spacial score (nSPS) is 11.3. The minimum atomic E-state index is -3.63. The minimum Gasteiger partial charge on any atom is -0.480 e. The molecule has 0 aliphatic rings. The summed E-state index contributed by atoms with van der Waals surface area (Å²) in [6, 6.07) is 15.0. The molecule has 31 heavy (non-hydrogen) atoms. The highest BCUT2D eigenvalue weighted by Crippen LogP contribution is 2.41. The van der Waals surface area contributed by atoms with Crippen LogP contribution in [0, 0.1) is 6.92 Å². The topological polar surface area (TPSA) is 130 Å². The van der Waals surface area contributed by atoms with Crippen LogP contribution >= 0.6 is 11.3 Å². The molecule has 0 atom stereocenters. The number of nitrogens with one attached hydrogen (secondary N) is 1. The molecular formula is C21H19NO7S2. The lowest BCUT2D eigenvalue weighted by molar-refractivity contribution is -0.139. The molecule has 0 fully saturated rings. The lowest BCUT2D eigenvalue weighted by atomic mass is 10.1. The Bertz CT molecular complexity index is 1200. The summed E-state index contributed by atoms with van der Waals surface area (Å²) in [7, 11) is -3.63. The fraction of sp³-hybridized carbons (Fsp3) is 0.143. The van der Waals surface area contributed by atoms with Gasteiger partial charge in [0.15, 0.2) is 11.5 Å². The molecule has 3 aromatic rings. The molecule has 2 aromatic carbocycles. The summed E-state index contributed by atoms with van der Waals surface area (Å²) >= 11 is 0.991. The second-order valence-corrected chi connectivity index (χ2v) is 9.32. The van der Waals surface area contributed by atoms with Gasteiger partial charge in [-0.1, -0.05) is 42.5 Å². The zero-order chi connectivity index (χ0) is 22.6. The first-order valence-corrected chi connectivity index (χ1v) is 11.3. The zero-order valence-corrected chi connectivity index (χ0v) is 18.0. The van der Waals surface area contributed by atoms with E-state index in [0.717, 1.165) is 16.9 Å². The first-order valence-electron chi connectivity index (χ1n) is 9.04. The number of hydrogen-bond donors (Lipinski definition) is 3. The third-order valence-corrected chi connectivity index (χ3v) is 7.09. The average molecular weight is 462 g/mol. The fourth-order valence-corrected chi connectivity index (χ4v) is 4.99. The van der Waals surface area contributed by atoms with Crippen LogP contribution in [0.2, 0.25) is 0 Å². The van der Waals surface area contributed by atoms with E-state index in [1.165, 1.54) is 12.1 Å². The number of aliphatic carboxylic acids is 1. The summed E-state index contributed by atoms with van der Waals surface area (Å²) in [5.41, 5.74) is 1.96. The Morgan fingerprint density at radius 1 is 1.03 bits per heavy atom. The second kappa shape index (κ2) is 9.29. The van der Waals surface area contributed by atoms with Gasteiger partial charge in [0, 0.05) is 17.0 Å². The fourth-order valence-electron chi connectivity index (χ4n) is 2.86. The van der Waals surface area contributed by atoms with E-state index in [4.69, 9.17) is 9.84 Å². The van der Waals surface area contributed by atoms with E-state index in [-0.39, 0.29) is 22.1 Å². The first kappa shape index (κ1) is 22.5. The van der Waals surface area contributed by atoms with Crippen LogP contribution in [-0.4, -0.2) is 37.2 Å². The highest BCUT2D eigenvalue weighted by Gasteiger charge is 2.23.